The van der Waals surface area contributed by atoms with Crippen LogP contribution in [-0.4, -0.2) is 37.1 Å². The van der Waals surface area contributed by atoms with E-state index in [0.29, 0.717) is 34.4 Å². The number of hydrogen-bond donors (Lipinski definition) is 3. The highest BCUT2D eigenvalue weighted by molar-refractivity contribution is 7.92. The summed E-state index contributed by atoms with van der Waals surface area (Å²) in [5.41, 5.74) is 2.20. The molecule has 0 saturated carbocycles. The second-order valence-corrected chi connectivity index (χ2v) is 10.7. The fraction of sp³-hybridized carbons (Fsp3) is 0.292. The first-order valence-electron chi connectivity index (χ1n) is 11.3. The Morgan fingerprint density at radius 2 is 1.89 bits per heavy atom. The first-order valence-corrected chi connectivity index (χ1v) is 12.9. The van der Waals surface area contributed by atoms with Crippen molar-refractivity contribution in [2.45, 2.75) is 33.0 Å². The van der Waals surface area contributed by atoms with Gasteiger partial charge in [-0.15, -0.1) is 0 Å². The van der Waals surface area contributed by atoms with E-state index >= 15 is 0 Å². The number of carbonyl (C=O) groups excluding carboxylic acids is 1. The molecular weight excluding hydrogens is 509 g/mol. The summed E-state index contributed by atoms with van der Waals surface area (Å²) in [6.45, 7) is 3.13. The third-order valence-corrected chi connectivity index (χ3v) is 7.81. The van der Waals surface area contributed by atoms with Crippen LogP contribution in [0.1, 0.15) is 29.2 Å². The molecule has 37 heavy (non-hydrogen) atoms. The van der Waals surface area contributed by atoms with Crippen LogP contribution in [-0.2, 0) is 34.0 Å². The molecule has 2 aromatic carbocycles. The van der Waals surface area contributed by atoms with Crippen LogP contribution in [0, 0.1) is 6.92 Å². The number of anilines is 5. The van der Waals surface area contributed by atoms with Crippen molar-refractivity contribution in [1.29, 1.82) is 0 Å². The van der Waals surface area contributed by atoms with Gasteiger partial charge in [0.2, 0.25) is 21.9 Å². The number of nitrogens with one attached hydrogen (secondary N) is 3. The Morgan fingerprint density at radius 1 is 1.16 bits per heavy atom. The van der Waals surface area contributed by atoms with Crippen molar-refractivity contribution in [3.05, 3.63) is 64.8 Å². The van der Waals surface area contributed by atoms with Crippen LogP contribution in [0.3, 0.4) is 0 Å². The molecule has 0 aliphatic carbocycles. The van der Waals surface area contributed by atoms with E-state index in [4.69, 9.17) is 0 Å². The van der Waals surface area contributed by atoms with Crippen LogP contribution in [0.4, 0.5) is 42.0 Å². The highest BCUT2D eigenvalue weighted by Gasteiger charge is 2.35. The van der Waals surface area contributed by atoms with Crippen molar-refractivity contribution in [3.63, 3.8) is 0 Å². The monoisotopic (exact) mass is 534 g/mol. The lowest BCUT2D eigenvalue weighted by Gasteiger charge is -2.23. The lowest BCUT2D eigenvalue weighted by atomic mass is 10.1. The number of amides is 1. The number of alkyl halides is 3. The minimum Gasteiger partial charge on any atom is -0.365 e. The van der Waals surface area contributed by atoms with Gasteiger partial charge in [0.1, 0.15) is 11.4 Å². The first kappa shape index (κ1) is 26.2. The van der Waals surface area contributed by atoms with Gasteiger partial charge in [0.05, 0.1) is 29.2 Å². The van der Waals surface area contributed by atoms with Gasteiger partial charge >= 0.3 is 6.18 Å². The summed E-state index contributed by atoms with van der Waals surface area (Å²) in [4.78, 5) is 19.7. The minimum absolute atomic E-state index is 0.110. The second-order valence-electron chi connectivity index (χ2n) is 8.44. The average Bonchev–Trinajstić information content (AvgIpc) is 3.23. The van der Waals surface area contributed by atoms with Gasteiger partial charge in [-0.05, 0) is 42.7 Å². The van der Waals surface area contributed by atoms with Crippen LogP contribution >= 0.6 is 0 Å². The zero-order valence-corrected chi connectivity index (χ0v) is 21.1. The van der Waals surface area contributed by atoms with Crippen LogP contribution in [0.5, 0.6) is 0 Å². The lowest BCUT2D eigenvalue weighted by molar-refractivity contribution is -0.137. The molecule has 2 heterocycles. The quantitative estimate of drug-likeness (QED) is 0.391. The number of hydrogen-bond acceptors (Lipinski definition) is 7. The van der Waals surface area contributed by atoms with Gasteiger partial charge in [0, 0.05) is 19.8 Å². The van der Waals surface area contributed by atoms with E-state index in [0.717, 1.165) is 9.87 Å². The molecule has 4 rings (SSSR count). The zero-order chi connectivity index (χ0) is 27.0. The molecule has 3 N–H and O–H groups in total. The standard InChI is InChI=1S/C24H25F3N6O3S/c1-4-37(35,36)33(3)19-10-5-7-14(2)16(19)12-28-22-17(24(25,26)27)13-29-23(32-22)30-18-9-6-8-15-11-20(34)31-21(15)18/h5-10,13H,4,11-12H2,1-3H3,(H,31,34)(H2,28,29,30,32). The Balaban J connectivity index is 1.67. The predicted molar refractivity (Wildman–Crippen MR) is 135 cm³/mol. The molecule has 13 heteroatoms. The number of carbonyl (C=O) groups is 1. The Morgan fingerprint density at radius 3 is 2.59 bits per heavy atom. The minimum atomic E-state index is -4.74. The number of sulfonamides is 1. The predicted octanol–water partition coefficient (Wildman–Crippen LogP) is 4.44. The second kappa shape index (κ2) is 9.88. The van der Waals surface area contributed by atoms with E-state index in [1.54, 1.807) is 43.3 Å². The summed E-state index contributed by atoms with van der Waals surface area (Å²) < 4.78 is 67.3. The summed E-state index contributed by atoms with van der Waals surface area (Å²) in [5, 5.41) is 8.32. The summed E-state index contributed by atoms with van der Waals surface area (Å²) in [6, 6.07) is 10.2. The van der Waals surface area contributed by atoms with Gasteiger partial charge in [-0.1, -0.05) is 24.3 Å². The number of nitrogens with zero attached hydrogens (tertiary/aromatic N) is 3. The fourth-order valence-corrected chi connectivity index (χ4v) is 4.85. The molecule has 0 radical (unpaired) electrons. The zero-order valence-electron chi connectivity index (χ0n) is 20.3. The number of aromatic nitrogens is 2. The van der Waals surface area contributed by atoms with E-state index in [2.05, 4.69) is 25.9 Å². The fourth-order valence-electron chi connectivity index (χ4n) is 3.99. The summed E-state index contributed by atoms with van der Waals surface area (Å²) >= 11 is 0. The van der Waals surface area contributed by atoms with Gasteiger partial charge in [0.15, 0.2) is 0 Å². The van der Waals surface area contributed by atoms with Crippen molar-refractivity contribution in [2.75, 3.05) is 33.1 Å². The Labute approximate surface area is 212 Å². The Kier molecular flexibility index (Phi) is 7.00. The number of aryl methyl sites for hydroxylation is 1. The molecule has 1 amide bonds. The van der Waals surface area contributed by atoms with Crippen LogP contribution in [0.15, 0.2) is 42.6 Å². The van der Waals surface area contributed by atoms with E-state index in [1.807, 2.05) is 0 Å². The maximum atomic E-state index is 13.8. The third kappa shape index (κ3) is 5.45. The maximum absolute atomic E-state index is 13.8. The molecule has 196 valence electrons. The Bertz CT molecular complexity index is 1460. The van der Waals surface area contributed by atoms with Gasteiger partial charge in [-0.3, -0.25) is 9.10 Å². The maximum Gasteiger partial charge on any atom is 0.421 e. The van der Waals surface area contributed by atoms with Crippen molar-refractivity contribution in [2.24, 2.45) is 0 Å². The molecule has 9 nitrogen and oxygen atoms in total. The Hall–Kier alpha value is -3.87. The molecule has 0 saturated heterocycles. The largest absolute Gasteiger partial charge is 0.421 e. The van der Waals surface area contributed by atoms with Crippen molar-refractivity contribution < 1.29 is 26.4 Å². The number of para-hydroxylation sites is 1. The van der Waals surface area contributed by atoms with E-state index < -0.39 is 27.6 Å². The number of fused-ring (bicyclic) bond motifs is 1. The molecule has 1 aliphatic heterocycles. The number of rotatable bonds is 8. The highest BCUT2D eigenvalue weighted by atomic mass is 32.2. The van der Waals surface area contributed by atoms with Crippen molar-refractivity contribution >= 4 is 44.8 Å². The van der Waals surface area contributed by atoms with Crippen LogP contribution in [0.2, 0.25) is 0 Å². The van der Waals surface area contributed by atoms with Gasteiger partial charge in [-0.25, -0.2) is 13.4 Å². The molecule has 0 atom stereocenters. The molecule has 0 unspecified atom stereocenters. The van der Waals surface area contributed by atoms with Gasteiger partial charge in [0.25, 0.3) is 0 Å². The van der Waals surface area contributed by atoms with E-state index in [9.17, 15) is 26.4 Å². The molecule has 1 aliphatic rings. The normalized spacial score (nSPS) is 13.2. The average molecular weight is 535 g/mol. The van der Waals surface area contributed by atoms with Crippen LogP contribution in [0.25, 0.3) is 0 Å². The summed E-state index contributed by atoms with van der Waals surface area (Å²) in [5.74, 6) is -0.908. The molecule has 3 aromatic rings. The van der Waals surface area contributed by atoms with E-state index in [1.165, 1.54) is 14.0 Å². The molecule has 0 spiro atoms. The van der Waals surface area contributed by atoms with Crippen molar-refractivity contribution in [3.8, 4) is 0 Å². The summed E-state index contributed by atoms with van der Waals surface area (Å²) in [6.07, 6.45) is -3.86. The highest BCUT2D eigenvalue weighted by Crippen LogP contribution is 2.36. The smallest absolute Gasteiger partial charge is 0.365 e. The van der Waals surface area contributed by atoms with Crippen molar-refractivity contribution in [1.82, 2.24) is 9.97 Å². The number of halogens is 3. The molecule has 0 fully saturated rings. The van der Waals surface area contributed by atoms with Crippen LogP contribution < -0.4 is 20.3 Å². The number of benzene rings is 2. The summed E-state index contributed by atoms with van der Waals surface area (Å²) in [7, 11) is -2.19. The molecule has 0 bridgehead atoms. The van der Waals surface area contributed by atoms with Gasteiger partial charge < -0.3 is 16.0 Å². The molecule has 1 aromatic heterocycles. The molecular formula is C24H25F3N6O3S. The van der Waals surface area contributed by atoms with E-state index in [-0.39, 0.29) is 30.6 Å². The third-order valence-electron chi connectivity index (χ3n) is 6.05. The topological polar surface area (TPSA) is 116 Å². The van der Waals surface area contributed by atoms with Gasteiger partial charge in [-0.2, -0.15) is 18.2 Å². The lowest BCUT2D eigenvalue weighted by Crippen LogP contribution is -2.29. The first-order chi connectivity index (χ1) is 17.4. The SMILES string of the molecule is CCS(=O)(=O)N(C)c1cccc(C)c1CNc1nc(Nc2cccc3c2NC(=O)C3)ncc1C(F)(F)F.